The van der Waals surface area contributed by atoms with E-state index in [4.69, 9.17) is 5.10 Å². The van der Waals surface area contributed by atoms with E-state index in [9.17, 15) is 0 Å². The van der Waals surface area contributed by atoms with Gasteiger partial charge in [-0.15, -0.1) is 0 Å². The maximum absolute atomic E-state index is 4.92. The van der Waals surface area contributed by atoms with Crippen LogP contribution in [0.3, 0.4) is 0 Å². The predicted molar refractivity (Wildman–Crippen MR) is 96.3 cm³/mol. The van der Waals surface area contributed by atoms with Crippen LogP contribution in [0.25, 0.3) is 16.6 Å². The minimum Gasteiger partial charge on any atom is -0.256 e. The van der Waals surface area contributed by atoms with Gasteiger partial charge in [0.05, 0.1) is 16.9 Å². The Balaban J connectivity index is 2.17. The number of fused-ring (bicyclic) bond motifs is 1. The highest BCUT2D eigenvalue weighted by Gasteiger charge is 2.22. The third-order valence-electron chi connectivity index (χ3n) is 4.45. The molecular weight excluding hydrogens is 282 g/mol. The standard InChI is InChI=1S/C20H25N3/c1-6-14(2)18-13-19(20(3,4)5)22-23(18)16-9-10-17-15(12-16)8-7-11-21-17/h7-14H,6H2,1-5H3. The van der Waals surface area contributed by atoms with Crippen LogP contribution in [0.15, 0.2) is 42.6 Å². The van der Waals surface area contributed by atoms with Gasteiger partial charge in [-0.05, 0) is 42.7 Å². The Morgan fingerprint density at radius 3 is 2.61 bits per heavy atom. The lowest BCUT2D eigenvalue weighted by Crippen LogP contribution is -2.12. The van der Waals surface area contributed by atoms with Crippen molar-refractivity contribution in [3.8, 4) is 5.69 Å². The minimum atomic E-state index is 0.0475. The van der Waals surface area contributed by atoms with Gasteiger partial charge in [0, 0.05) is 22.7 Å². The quantitative estimate of drug-likeness (QED) is 0.663. The fourth-order valence-electron chi connectivity index (χ4n) is 2.72. The van der Waals surface area contributed by atoms with Crippen LogP contribution < -0.4 is 0 Å². The van der Waals surface area contributed by atoms with E-state index < -0.39 is 0 Å². The Hall–Kier alpha value is -2.16. The molecule has 0 N–H and O–H groups in total. The second kappa shape index (κ2) is 5.80. The van der Waals surface area contributed by atoms with Gasteiger partial charge in [-0.25, -0.2) is 4.68 Å². The molecule has 0 radical (unpaired) electrons. The third kappa shape index (κ3) is 3.00. The number of benzene rings is 1. The van der Waals surface area contributed by atoms with Crippen LogP contribution in [-0.4, -0.2) is 14.8 Å². The first-order valence-electron chi connectivity index (χ1n) is 8.35. The summed E-state index contributed by atoms with van der Waals surface area (Å²) in [5.74, 6) is 0.475. The van der Waals surface area contributed by atoms with Gasteiger partial charge in [0.2, 0.25) is 0 Å². The normalized spacial score (nSPS) is 13.4. The molecule has 0 aliphatic heterocycles. The Bertz CT molecular complexity index is 824. The van der Waals surface area contributed by atoms with Crippen LogP contribution in [0.4, 0.5) is 0 Å². The van der Waals surface area contributed by atoms with E-state index in [0.717, 1.165) is 28.7 Å². The van der Waals surface area contributed by atoms with Gasteiger partial charge in [-0.1, -0.05) is 40.7 Å². The summed E-state index contributed by atoms with van der Waals surface area (Å²) in [5, 5.41) is 6.07. The molecule has 23 heavy (non-hydrogen) atoms. The van der Waals surface area contributed by atoms with Crippen molar-refractivity contribution in [3.05, 3.63) is 54.0 Å². The van der Waals surface area contributed by atoms with Gasteiger partial charge < -0.3 is 0 Å². The van der Waals surface area contributed by atoms with E-state index in [2.05, 4.69) is 74.6 Å². The predicted octanol–water partition coefficient (Wildman–Crippen LogP) is 5.23. The second-order valence-corrected chi connectivity index (χ2v) is 7.31. The van der Waals surface area contributed by atoms with Crippen LogP contribution in [0.1, 0.15) is 58.3 Å². The molecule has 3 nitrogen and oxygen atoms in total. The molecule has 1 unspecified atom stereocenters. The largest absolute Gasteiger partial charge is 0.256 e. The highest BCUT2D eigenvalue weighted by Crippen LogP contribution is 2.29. The summed E-state index contributed by atoms with van der Waals surface area (Å²) < 4.78 is 2.11. The monoisotopic (exact) mass is 307 g/mol. The molecule has 1 aromatic carbocycles. The molecule has 1 atom stereocenters. The molecule has 2 aromatic heterocycles. The Labute approximate surface area is 138 Å². The number of rotatable bonds is 3. The van der Waals surface area contributed by atoms with Crippen molar-refractivity contribution >= 4 is 10.9 Å². The van der Waals surface area contributed by atoms with Crippen LogP contribution >= 0.6 is 0 Å². The first kappa shape index (κ1) is 15.7. The van der Waals surface area contributed by atoms with Crippen LogP contribution in [0.2, 0.25) is 0 Å². The van der Waals surface area contributed by atoms with E-state index in [1.54, 1.807) is 0 Å². The SMILES string of the molecule is CCC(C)c1cc(C(C)(C)C)nn1-c1ccc2ncccc2c1. The van der Waals surface area contributed by atoms with Crippen molar-refractivity contribution in [1.29, 1.82) is 0 Å². The highest BCUT2D eigenvalue weighted by molar-refractivity contribution is 5.80. The summed E-state index contributed by atoms with van der Waals surface area (Å²) in [5.41, 5.74) is 4.59. The fraction of sp³-hybridized carbons (Fsp3) is 0.400. The van der Waals surface area contributed by atoms with E-state index in [1.165, 1.54) is 5.69 Å². The zero-order valence-electron chi connectivity index (χ0n) is 14.7. The molecule has 0 fully saturated rings. The lowest BCUT2D eigenvalue weighted by molar-refractivity contribution is 0.559. The Kier molecular flexibility index (Phi) is 3.97. The maximum Gasteiger partial charge on any atom is 0.0703 e. The first-order chi connectivity index (χ1) is 10.9. The summed E-state index contributed by atoms with van der Waals surface area (Å²) in [6.45, 7) is 11.1. The minimum absolute atomic E-state index is 0.0475. The zero-order valence-corrected chi connectivity index (χ0v) is 14.7. The van der Waals surface area contributed by atoms with Crippen molar-refractivity contribution in [1.82, 2.24) is 14.8 Å². The van der Waals surface area contributed by atoms with Gasteiger partial charge in [0.25, 0.3) is 0 Å². The first-order valence-corrected chi connectivity index (χ1v) is 8.35. The molecule has 2 heterocycles. The molecule has 0 aliphatic carbocycles. The average molecular weight is 307 g/mol. The molecule has 3 aromatic rings. The van der Waals surface area contributed by atoms with Crippen molar-refractivity contribution in [2.45, 2.75) is 52.4 Å². The summed E-state index contributed by atoms with van der Waals surface area (Å²) in [4.78, 5) is 4.40. The van der Waals surface area contributed by atoms with Crippen molar-refractivity contribution in [3.63, 3.8) is 0 Å². The van der Waals surface area contributed by atoms with E-state index in [0.29, 0.717) is 5.92 Å². The van der Waals surface area contributed by atoms with E-state index in [-0.39, 0.29) is 5.41 Å². The lowest BCUT2D eigenvalue weighted by Gasteiger charge is -2.14. The lowest BCUT2D eigenvalue weighted by atomic mass is 9.91. The van der Waals surface area contributed by atoms with E-state index in [1.807, 2.05) is 12.3 Å². The second-order valence-electron chi connectivity index (χ2n) is 7.31. The smallest absolute Gasteiger partial charge is 0.0703 e. The number of aromatic nitrogens is 3. The van der Waals surface area contributed by atoms with Gasteiger partial charge in [-0.3, -0.25) is 4.98 Å². The average Bonchev–Trinajstić information content (AvgIpc) is 2.99. The molecule has 0 amide bonds. The van der Waals surface area contributed by atoms with Gasteiger partial charge >= 0.3 is 0 Å². The van der Waals surface area contributed by atoms with Crippen LogP contribution in [0, 0.1) is 0 Å². The summed E-state index contributed by atoms with van der Waals surface area (Å²) in [6, 6.07) is 12.7. The number of pyridine rings is 1. The van der Waals surface area contributed by atoms with Crippen molar-refractivity contribution in [2.24, 2.45) is 0 Å². The molecule has 120 valence electrons. The Morgan fingerprint density at radius 2 is 1.91 bits per heavy atom. The summed E-state index contributed by atoms with van der Waals surface area (Å²) in [7, 11) is 0. The van der Waals surface area contributed by atoms with E-state index >= 15 is 0 Å². The van der Waals surface area contributed by atoms with Gasteiger partial charge in [0.1, 0.15) is 0 Å². The molecule has 0 bridgehead atoms. The topological polar surface area (TPSA) is 30.7 Å². The number of nitrogens with zero attached hydrogens (tertiary/aromatic N) is 3. The van der Waals surface area contributed by atoms with Crippen LogP contribution in [0.5, 0.6) is 0 Å². The number of hydrogen-bond donors (Lipinski definition) is 0. The fourth-order valence-corrected chi connectivity index (χ4v) is 2.72. The molecule has 0 spiro atoms. The Morgan fingerprint density at radius 1 is 1.13 bits per heavy atom. The highest BCUT2D eigenvalue weighted by atomic mass is 15.3. The molecule has 0 saturated carbocycles. The molecule has 3 rings (SSSR count). The third-order valence-corrected chi connectivity index (χ3v) is 4.45. The summed E-state index contributed by atoms with van der Waals surface area (Å²) in [6.07, 6.45) is 2.93. The molecule has 3 heteroatoms. The maximum atomic E-state index is 4.92. The number of hydrogen-bond acceptors (Lipinski definition) is 2. The van der Waals surface area contributed by atoms with Gasteiger partial charge in [0.15, 0.2) is 0 Å². The molecule has 0 aliphatic rings. The summed E-state index contributed by atoms with van der Waals surface area (Å²) >= 11 is 0. The zero-order chi connectivity index (χ0) is 16.6. The van der Waals surface area contributed by atoms with Gasteiger partial charge in [-0.2, -0.15) is 5.10 Å². The molecular formula is C20H25N3. The van der Waals surface area contributed by atoms with Crippen LogP contribution in [-0.2, 0) is 5.41 Å². The van der Waals surface area contributed by atoms with Crippen molar-refractivity contribution < 1.29 is 0 Å². The van der Waals surface area contributed by atoms with Crippen molar-refractivity contribution in [2.75, 3.05) is 0 Å². The molecule has 0 saturated heterocycles.